The molecule has 0 saturated carbocycles. The van der Waals surface area contributed by atoms with Crippen molar-refractivity contribution in [3.05, 3.63) is 41.5 Å². The van der Waals surface area contributed by atoms with Crippen LogP contribution in [0.25, 0.3) is 0 Å². The molecule has 0 unspecified atom stereocenters. The Labute approximate surface area is 180 Å². The normalized spacial score (nSPS) is 15.7. The van der Waals surface area contributed by atoms with Crippen molar-refractivity contribution in [1.82, 2.24) is 19.3 Å². The lowest BCUT2D eigenvalue weighted by molar-refractivity contribution is -0.121. The van der Waals surface area contributed by atoms with E-state index in [1.54, 1.807) is 12.1 Å². The number of nitrogens with zero attached hydrogens (tertiary/aromatic N) is 2. The van der Waals surface area contributed by atoms with E-state index in [9.17, 15) is 21.6 Å². The van der Waals surface area contributed by atoms with Crippen LogP contribution in [0.1, 0.15) is 30.6 Å². The molecule has 0 atom stereocenters. The average Bonchev–Trinajstić information content (AvgIpc) is 3.23. The van der Waals surface area contributed by atoms with Gasteiger partial charge in [-0.1, -0.05) is 6.42 Å². The Bertz CT molecular complexity index is 1060. The van der Waals surface area contributed by atoms with Crippen LogP contribution >= 0.6 is 11.3 Å². The summed E-state index contributed by atoms with van der Waals surface area (Å²) < 4.78 is 53.6. The van der Waals surface area contributed by atoms with Crippen molar-refractivity contribution in [3.8, 4) is 0 Å². The molecule has 164 valence electrons. The summed E-state index contributed by atoms with van der Waals surface area (Å²) in [5.74, 6) is -0.335. The van der Waals surface area contributed by atoms with E-state index in [1.807, 2.05) is 0 Å². The van der Waals surface area contributed by atoms with E-state index in [-0.39, 0.29) is 34.5 Å². The fourth-order valence-electron chi connectivity index (χ4n) is 2.99. The molecule has 3 heterocycles. The van der Waals surface area contributed by atoms with E-state index in [0.717, 1.165) is 35.5 Å². The van der Waals surface area contributed by atoms with Gasteiger partial charge in [0.05, 0.1) is 6.54 Å². The molecule has 1 aliphatic heterocycles. The Balaban J connectivity index is 1.46. The second-order valence-corrected chi connectivity index (χ2v) is 11.9. The second kappa shape index (κ2) is 9.96. The summed E-state index contributed by atoms with van der Waals surface area (Å²) in [5, 5.41) is 2.69. The Hall–Kier alpha value is -1.86. The zero-order valence-electron chi connectivity index (χ0n) is 16.3. The topological polar surface area (TPSA) is 126 Å². The van der Waals surface area contributed by atoms with Gasteiger partial charge in [-0.15, -0.1) is 11.3 Å². The maximum atomic E-state index is 12.7. The third kappa shape index (κ3) is 5.85. The summed E-state index contributed by atoms with van der Waals surface area (Å²) in [6.07, 6.45) is 5.46. The Kier molecular flexibility index (Phi) is 7.58. The maximum absolute atomic E-state index is 12.7. The average molecular weight is 473 g/mol. The van der Waals surface area contributed by atoms with Gasteiger partial charge in [-0.05, 0) is 37.1 Å². The minimum absolute atomic E-state index is 0.0337. The SMILES string of the molecule is O=C(CCNS(=O)(=O)c1cccnc1)NCc1ccc(S(=O)(=O)N2CCCCC2)s1. The van der Waals surface area contributed by atoms with Crippen molar-refractivity contribution in [2.75, 3.05) is 19.6 Å². The monoisotopic (exact) mass is 472 g/mol. The van der Waals surface area contributed by atoms with Gasteiger partial charge in [0.15, 0.2) is 0 Å². The number of carbonyl (C=O) groups is 1. The molecular weight excluding hydrogens is 448 g/mol. The van der Waals surface area contributed by atoms with Crippen LogP contribution < -0.4 is 10.0 Å². The van der Waals surface area contributed by atoms with Gasteiger partial charge in [0.1, 0.15) is 9.10 Å². The van der Waals surface area contributed by atoms with Gasteiger partial charge >= 0.3 is 0 Å². The highest BCUT2D eigenvalue weighted by Gasteiger charge is 2.27. The highest BCUT2D eigenvalue weighted by molar-refractivity contribution is 7.91. The van der Waals surface area contributed by atoms with Gasteiger partial charge in [-0.3, -0.25) is 9.78 Å². The van der Waals surface area contributed by atoms with Gasteiger partial charge in [0.25, 0.3) is 10.0 Å². The summed E-state index contributed by atoms with van der Waals surface area (Å²) in [4.78, 5) is 16.5. The number of nitrogens with one attached hydrogen (secondary N) is 2. The molecule has 30 heavy (non-hydrogen) atoms. The van der Waals surface area contributed by atoms with E-state index < -0.39 is 20.0 Å². The van der Waals surface area contributed by atoms with Crippen LogP contribution in [0.2, 0.25) is 0 Å². The third-order valence-corrected chi connectivity index (χ3v) is 9.49. The van der Waals surface area contributed by atoms with Crippen molar-refractivity contribution >= 4 is 37.3 Å². The lowest BCUT2D eigenvalue weighted by Crippen LogP contribution is -2.35. The van der Waals surface area contributed by atoms with Gasteiger partial charge < -0.3 is 5.32 Å². The van der Waals surface area contributed by atoms with Gasteiger partial charge in [0.2, 0.25) is 15.9 Å². The van der Waals surface area contributed by atoms with Crippen LogP contribution in [0, 0.1) is 0 Å². The van der Waals surface area contributed by atoms with E-state index in [1.165, 1.54) is 28.8 Å². The number of thiophene rings is 1. The van der Waals surface area contributed by atoms with Crippen LogP contribution in [0.5, 0.6) is 0 Å². The standard InChI is InChI=1S/C18H24N4O5S3/c23-17(8-10-21-29(24,25)16-5-4-9-19-14-16)20-13-15-6-7-18(28-15)30(26,27)22-11-2-1-3-12-22/h4-7,9,14,21H,1-3,8,10-13H2,(H,20,23). The first-order valence-electron chi connectivity index (χ1n) is 9.54. The number of piperidine rings is 1. The molecule has 0 spiro atoms. The van der Waals surface area contributed by atoms with Gasteiger partial charge in [0, 0.05) is 43.3 Å². The number of amides is 1. The molecule has 0 bridgehead atoms. The van der Waals surface area contributed by atoms with Crippen molar-refractivity contribution < 1.29 is 21.6 Å². The fourth-order valence-corrected chi connectivity index (χ4v) is 6.95. The molecule has 1 fully saturated rings. The number of rotatable bonds is 9. The number of aromatic nitrogens is 1. The first-order valence-corrected chi connectivity index (χ1v) is 13.3. The summed E-state index contributed by atoms with van der Waals surface area (Å²) in [5.41, 5.74) is 0. The van der Waals surface area contributed by atoms with Crippen molar-refractivity contribution in [2.45, 2.75) is 41.3 Å². The van der Waals surface area contributed by atoms with Gasteiger partial charge in [-0.25, -0.2) is 21.6 Å². The number of hydrogen-bond donors (Lipinski definition) is 2. The molecule has 2 N–H and O–H groups in total. The summed E-state index contributed by atoms with van der Waals surface area (Å²) >= 11 is 1.14. The van der Waals surface area contributed by atoms with Crippen molar-refractivity contribution in [2.24, 2.45) is 0 Å². The Morgan fingerprint density at radius 1 is 1.10 bits per heavy atom. The number of sulfonamides is 2. The first kappa shape index (κ1) is 22.8. The zero-order chi connectivity index (χ0) is 21.6. The molecule has 0 aromatic carbocycles. The summed E-state index contributed by atoms with van der Waals surface area (Å²) in [6, 6.07) is 6.19. The van der Waals surface area contributed by atoms with E-state index in [4.69, 9.17) is 0 Å². The van der Waals surface area contributed by atoms with Crippen LogP contribution in [-0.2, 0) is 31.4 Å². The summed E-state index contributed by atoms with van der Waals surface area (Å²) in [7, 11) is -7.19. The lowest BCUT2D eigenvalue weighted by Gasteiger charge is -2.25. The van der Waals surface area contributed by atoms with Crippen LogP contribution in [0.3, 0.4) is 0 Å². The number of carbonyl (C=O) groups excluding carboxylic acids is 1. The maximum Gasteiger partial charge on any atom is 0.252 e. The Morgan fingerprint density at radius 3 is 2.57 bits per heavy atom. The van der Waals surface area contributed by atoms with E-state index >= 15 is 0 Å². The van der Waals surface area contributed by atoms with Crippen molar-refractivity contribution in [3.63, 3.8) is 0 Å². The van der Waals surface area contributed by atoms with E-state index in [2.05, 4.69) is 15.0 Å². The fraction of sp³-hybridized carbons (Fsp3) is 0.444. The molecule has 3 rings (SSSR count). The Morgan fingerprint density at radius 2 is 1.87 bits per heavy atom. The van der Waals surface area contributed by atoms with Crippen LogP contribution in [0.4, 0.5) is 0 Å². The highest BCUT2D eigenvalue weighted by atomic mass is 32.2. The quantitative estimate of drug-likeness (QED) is 0.567. The molecule has 1 amide bonds. The lowest BCUT2D eigenvalue weighted by atomic mass is 10.2. The molecule has 9 nitrogen and oxygen atoms in total. The molecule has 0 aliphatic carbocycles. The van der Waals surface area contributed by atoms with Gasteiger partial charge in [-0.2, -0.15) is 4.31 Å². The number of hydrogen-bond acceptors (Lipinski definition) is 7. The third-order valence-electron chi connectivity index (χ3n) is 4.59. The molecule has 0 radical (unpaired) electrons. The predicted octanol–water partition coefficient (Wildman–Crippen LogP) is 1.30. The minimum Gasteiger partial charge on any atom is -0.351 e. The second-order valence-electron chi connectivity index (χ2n) is 6.80. The van der Waals surface area contributed by atoms with Crippen LogP contribution in [-0.4, -0.2) is 51.7 Å². The smallest absolute Gasteiger partial charge is 0.252 e. The molecular formula is C18H24N4O5S3. The highest BCUT2D eigenvalue weighted by Crippen LogP contribution is 2.27. The predicted molar refractivity (Wildman–Crippen MR) is 113 cm³/mol. The zero-order valence-corrected chi connectivity index (χ0v) is 18.7. The molecule has 1 aliphatic rings. The largest absolute Gasteiger partial charge is 0.351 e. The molecule has 12 heteroatoms. The molecule has 2 aromatic rings. The van der Waals surface area contributed by atoms with E-state index in [0.29, 0.717) is 13.1 Å². The van der Waals surface area contributed by atoms with Crippen LogP contribution in [0.15, 0.2) is 45.8 Å². The first-order chi connectivity index (χ1) is 14.3. The summed E-state index contributed by atoms with van der Waals surface area (Å²) in [6.45, 7) is 1.22. The minimum atomic E-state index is -3.71. The van der Waals surface area contributed by atoms with Crippen molar-refractivity contribution in [1.29, 1.82) is 0 Å². The molecule has 2 aromatic heterocycles. The molecule has 1 saturated heterocycles. The number of pyridine rings is 1.